The Morgan fingerprint density at radius 3 is 2.43 bits per heavy atom. The quantitative estimate of drug-likeness (QED) is 0.230. The van der Waals surface area contributed by atoms with Crippen molar-refractivity contribution >= 4 is 35.4 Å². The van der Waals surface area contributed by atoms with Crippen LogP contribution in [0.3, 0.4) is 0 Å². The highest BCUT2D eigenvalue weighted by atomic mass is 16.6. The van der Waals surface area contributed by atoms with Gasteiger partial charge >= 0.3 is 6.09 Å². The van der Waals surface area contributed by atoms with E-state index in [9.17, 15) is 24.0 Å². The molecule has 0 saturated heterocycles. The first-order valence-electron chi connectivity index (χ1n) is 15.8. The van der Waals surface area contributed by atoms with Gasteiger partial charge in [0.15, 0.2) is 0 Å². The highest BCUT2D eigenvalue weighted by Crippen LogP contribution is 2.39. The second-order valence-corrected chi connectivity index (χ2v) is 12.9. The zero-order chi connectivity index (χ0) is 33.4. The third kappa shape index (κ3) is 9.45. The molecule has 248 valence electrons. The minimum absolute atomic E-state index is 0.0355. The molecule has 0 fully saturated rings. The van der Waals surface area contributed by atoms with Crippen molar-refractivity contribution in [3.05, 3.63) is 59.2 Å². The Kier molecular flexibility index (Phi) is 11.3. The van der Waals surface area contributed by atoms with E-state index in [0.717, 1.165) is 29.5 Å². The Labute approximate surface area is 269 Å². The van der Waals surface area contributed by atoms with E-state index in [0.29, 0.717) is 43.5 Å². The number of anilines is 1. The number of carbonyl (C=O) groups excluding carboxylic acids is 5. The summed E-state index contributed by atoms with van der Waals surface area (Å²) >= 11 is 0. The Morgan fingerprint density at radius 1 is 1.00 bits per heavy atom. The molecule has 2 aromatic rings. The van der Waals surface area contributed by atoms with Crippen LogP contribution in [-0.4, -0.2) is 60.1 Å². The highest BCUT2D eigenvalue weighted by Gasteiger charge is 2.44. The molecule has 0 aliphatic carbocycles. The first-order chi connectivity index (χ1) is 21.8. The molecule has 2 aliphatic heterocycles. The Morgan fingerprint density at radius 2 is 1.72 bits per heavy atom. The number of amides is 5. The lowest BCUT2D eigenvalue weighted by Gasteiger charge is -2.29. The number of ether oxygens (including phenoxy) is 2. The van der Waals surface area contributed by atoms with Gasteiger partial charge in [-0.3, -0.25) is 24.1 Å². The number of rotatable bonds is 14. The van der Waals surface area contributed by atoms with Gasteiger partial charge < -0.3 is 31.6 Å². The fourth-order valence-electron chi connectivity index (χ4n) is 5.85. The zero-order valence-electron chi connectivity index (χ0n) is 26.8. The minimum Gasteiger partial charge on any atom is -0.491 e. The standard InChI is InChI=1S/C34H45N5O7/c1-34(2,3)46-33(44)38-26-16-14-22-10-7-11-23-19-27(39(30(22)23)32(26)43)31(42)37-24(15-17-29(36)41)20-45-25-12-6-9-21(18-25)8-4-5-13-28(35)40/h6-7,9-12,18,24,26-27H,4-5,8,13-17,19-20H2,1-3H3,(H2,35,40)(H2,36,41)(H,37,42)(H,38,44)/t24-,26-,27-/m0/s1. The van der Waals surface area contributed by atoms with E-state index in [1.165, 1.54) is 4.90 Å². The van der Waals surface area contributed by atoms with Gasteiger partial charge in [-0.2, -0.15) is 0 Å². The lowest BCUT2D eigenvalue weighted by atomic mass is 10.0. The summed E-state index contributed by atoms with van der Waals surface area (Å²) < 4.78 is 11.5. The molecule has 0 spiro atoms. The number of alkyl carbamates (subject to hydrolysis) is 1. The summed E-state index contributed by atoms with van der Waals surface area (Å²) in [6.07, 6.45) is 3.39. The topological polar surface area (TPSA) is 183 Å². The van der Waals surface area contributed by atoms with Crippen LogP contribution in [0.2, 0.25) is 0 Å². The van der Waals surface area contributed by atoms with Crippen molar-refractivity contribution in [1.82, 2.24) is 10.6 Å². The van der Waals surface area contributed by atoms with Crippen LogP contribution in [0.1, 0.15) is 76.0 Å². The van der Waals surface area contributed by atoms with Gasteiger partial charge in [-0.25, -0.2) is 4.79 Å². The lowest BCUT2D eigenvalue weighted by Crippen LogP contribution is -2.56. The third-order valence-electron chi connectivity index (χ3n) is 7.97. The van der Waals surface area contributed by atoms with Crippen molar-refractivity contribution in [1.29, 1.82) is 0 Å². The van der Waals surface area contributed by atoms with Crippen molar-refractivity contribution in [2.75, 3.05) is 11.5 Å². The number of nitrogens with zero attached hydrogens (tertiary/aromatic N) is 1. The monoisotopic (exact) mass is 635 g/mol. The van der Waals surface area contributed by atoms with Crippen LogP contribution in [0, 0.1) is 0 Å². The van der Waals surface area contributed by atoms with E-state index >= 15 is 0 Å². The largest absolute Gasteiger partial charge is 0.491 e. The summed E-state index contributed by atoms with van der Waals surface area (Å²) in [7, 11) is 0. The van der Waals surface area contributed by atoms with E-state index in [2.05, 4.69) is 10.6 Å². The number of para-hydroxylation sites is 1. The van der Waals surface area contributed by atoms with Crippen LogP contribution in [0.4, 0.5) is 10.5 Å². The molecule has 2 aliphatic rings. The van der Waals surface area contributed by atoms with Crippen molar-refractivity contribution in [3.63, 3.8) is 0 Å². The molecule has 0 unspecified atom stereocenters. The summed E-state index contributed by atoms with van der Waals surface area (Å²) in [4.78, 5) is 64.6. The molecule has 0 aromatic heterocycles. The molecule has 12 nitrogen and oxygen atoms in total. The number of benzene rings is 2. The fourth-order valence-corrected chi connectivity index (χ4v) is 5.85. The predicted molar refractivity (Wildman–Crippen MR) is 172 cm³/mol. The first kappa shape index (κ1) is 34.3. The first-order valence-corrected chi connectivity index (χ1v) is 15.8. The SMILES string of the molecule is CC(C)(C)OC(=O)N[C@H]1CCc2cccc3c2N(C1=O)[C@H](C(=O)N[C@@H](CCC(N)=O)COc1cccc(CCCCC(N)=O)c1)C3. The molecule has 12 heteroatoms. The second kappa shape index (κ2) is 15.1. The van der Waals surface area contributed by atoms with Crippen molar-refractivity contribution in [2.24, 2.45) is 11.5 Å². The Balaban J connectivity index is 1.46. The molecule has 46 heavy (non-hydrogen) atoms. The number of aryl methyl sites for hydroxylation is 2. The third-order valence-corrected chi connectivity index (χ3v) is 7.97. The number of hydrogen-bond donors (Lipinski definition) is 4. The smallest absolute Gasteiger partial charge is 0.408 e. The number of hydrogen-bond acceptors (Lipinski definition) is 7. The molecular weight excluding hydrogens is 590 g/mol. The van der Waals surface area contributed by atoms with E-state index in [-0.39, 0.29) is 31.3 Å². The van der Waals surface area contributed by atoms with Gasteiger partial charge in [0.25, 0.3) is 0 Å². The maximum atomic E-state index is 13.9. The predicted octanol–water partition coefficient (Wildman–Crippen LogP) is 2.81. The molecule has 0 saturated carbocycles. The second-order valence-electron chi connectivity index (χ2n) is 12.9. The molecular formula is C34H45N5O7. The van der Waals surface area contributed by atoms with Crippen molar-refractivity contribution in [2.45, 2.75) is 102 Å². The van der Waals surface area contributed by atoms with E-state index in [1.54, 1.807) is 20.8 Å². The zero-order valence-corrected chi connectivity index (χ0v) is 26.8. The molecule has 5 amide bonds. The summed E-state index contributed by atoms with van der Waals surface area (Å²) in [5, 5.41) is 5.71. The molecule has 6 N–H and O–H groups in total. The van der Waals surface area contributed by atoms with E-state index in [1.807, 2.05) is 42.5 Å². The van der Waals surface area contributed by atoms with Gasteiger partial charge in [-0.1, -0.05) is 30.3 Å². The van der Waals surface area contributed by atoms with Crippen LogP contribution in [-0.2, 0) is 43.2 Å². The van der Waals surface area contributed by atoms with Gasteiger partial charge in [0.2, 0.25) is 23.6 Å². The number of nitrogens with two attached hydrogens (primary N) is 2. The minimum atomic E-state index is -0.874. The number of unbranched alkanes of at least 4 members (excludes halogenated alkanes) is 1. The summed E-state index contributed by atoms with van der Waals surface area (Å²) in [6.45, 7) is 5.31. The lowest BCUT2D eigenvalue weighted by molar-refractivity contribution is -0.127. The summed E-state index contributed by atoms with van der Waals surface area (Å²) in [5.74, 6) is -1.00. The van der Waals surface area contributed by atoms with Gasteiger partial charge in [0, 0.05) is 19.3 Å². The van der Waals surface area contributed by atoms with Gasteiger partial charge in [-0.15, -0.1) is 0 Å². The molecule has 4 rings (SSSR count). The molecule has 2 aromatic carbocycles. The van der Waals surface area contributed by atoms with Gasteiger partial charge in [-0.05, 0) is 88.1 Å². The maximum absolute atomic E-state index is 13.9. The van der Waals surface area contributed by atoms with Gasteiger partial charge in [0.05, 0.1) is 11.7 Å². The highest BCUT2D eigenvalue weighted by molar-refractivity contribution is 6.07. The summed E-state index contributed by atoms with van der Waals surface area (Å²) in [5.41, 5.74) is 13.5. The van der Waals surface area contributed by atoms with Crippen LogP contribution in [0.15, 0.2) is 42.5 Å². The van der Waals surface area contributed by atoms with Crippen LogP contribution >= 0.6 is 0 Å². The van der Waals surface area contributed by atoms with Crippen LogP contribution in [0.25, 0.3) is 0 Å². The fraction of sp³-hybridized carbons (Fsp3) is 0.500. The van der Waals surface area contributed by atoms with Gasteiger partial charge in [0.1, 0.15) is 30.0 Å². The van der Waals surface area contributed by atoms with Crippen molar-refractivity contribution < 1.29 is 33.4 Å². The maximum Gasteiger partial charge on any atom is 0.408 e. The number of primary amides is 2. The van der Waals surface area contributed by atoms with Crippen molar-refractivity contribution in [3.8, 4) is 5.75 Å². The normalized spacial score (nSPS) is 17.8. The molecule has 0 radical (unpaired) electrons. The average Bonchev–Trinajstić information content (AvgIpc) is 3.32. The Bertz CT molecular complexity index is 1450. The van der Waals surface area contributed by atoms with Crippen LogP contribution in [0.5, 0.6) is 5.75 Å². The number of nitrogens with one attached hydrogen (secondary N) is 2. The summed E-state index contributed by atoms with van der Waals surface area (Å²) in [6, 6.07) is 11.0. The average molecular weight is 636 g/mol. The molecule has 3 atom stereocenters. The molecule has 2 heterocycles. The number of carbonyl (C=O) groups is 5. The van der Waals surface area contributed by atoms with Crippen LogP contribution < -0.4 is 31.7 Å². The van der Waals surface area contributed by atoms with E-state index < -0.39 is 41.6 Å². The molecule has 0 bridgehead atoms. The van der Waals surface area contributed by atoms with E-state index in [4.69, 9.17) is 20.9 Å². The Hall–Kier alpha value is -4.61.